The lowest BCUT2D eigenvalue weighted by Gasteiger charge is -2.11. The van der Waals surface area contributed by atoms with Crippen LogP contribution in [0.15, 0.2) is 24.3 Å². The van der Waals surface area contributed by atoms with Crippen LogP contribution in [0.3, 0.4) is 0 Å². The van der Waals surface area contributed by atoms with E-state index >= 15 is 0 Å². The molecule has 1 aromatic carbocycles. The Morgan fingerprint density at radius 2 is 1.65 bits per heavy atom. The third kappa shape index (κ3) is 5.97. The molecule has 96 valence electrons. The minimum absolute atomic E-state index is 0.699. The van der Waals surface area contributed by atoms with Gasteiger partial charge in [0.25, 0.3) is 0 Å². The maximum Gasteiger partial charge on any atom is 0.119 e. The predicted octanol–water partition coefficient (Wildman–Crippen LogP) is 4.28. The van der Waals surface area contributed by atoms with Gasteiger partial charge in [0.05, 0.1) is 13.2 Å². The number of alkyl halides is 1. The number of benzene rings is 1. The second-order valence-corrected chi connectivity index (χ2v) is 4.92. The Balaban J connectivity index is 2.27. The van der Waals surface area contributed by atoms with Gasteiger partial charge in [0.1, 0.15) is 11.5 Å². The Morgan fingerprint density at radius 3 is 2.18 bits per heavy atom. The minimum atomic E-state index is 0.699. The Hall–Kier alpha value is -0.700. The quantitative estimate of drug-likeness (QED) is 0.667. The highest BCUT2D eigenvalue weighted by Gasteiger charge is 2.01. The van der Waals surface area contributed by atoms with E-state index in [2.05, 4.69) is 22.9 Å². The number of hydrogen-bond acceptors (Lipinski definition) is 2. The highest BCUT2D eigenvalue weighted by atomic mass is 79.9. The highest BCUT2D eigenvalue weighted by Crippen LogP contribution is 2.18. The van der Waals surface area contributed by atoms with Crippen LogP contribution in [0.2, 0.25) is 0 Å². The van der Waals surface area contributed by atoms with E-state index in [1.165, 1.54) is 6.42 Å². The zero-order valence-electron chi connectivity index (χ0n) is 10.6. The molecule has 1 rings (SSSR count). The summed E-state index contributed by atoms with van der Waals surface area (Å²) in [5, 5.41) is 1.07. The van der Waals surface area contributed by atoms with Crippen LogP contribution in [0.5, 0.6) is 11.5 Å². The van der Waals surface area contributed by atoms with Gasteiger partial charge < -0.3 is 9.47 Å². The first-order valence-electron chi connectivity index (χ1n) is 6.18. The monoisotopic (exact) mass is 300 g/mol. The van der Waals surface area contributed by atoms with E-state index in [1.807, 2.05) is 31.2 Å². The Bertz CT molecular complexity index is 298. The van der Waals surface area contributed by atoms with Crippen LogP contribution >= 0.6 is 15.9 Å². The fourth-order valence-electron chi connectivity index (χ4n) is 1.51. The molecule has 0 saturated carbocycles. The molecule has 0 N–H and O–H groups in total. The van der Waals surface area contributed by atoms with Gasteiger partial charge in [-0.2, -0.15) is 0 Å². The summed E-state index contributed by atoms with van der Waals surface area (Å²) in [6.45, 7) is 5.71. The van der Waals surface area contributed by atoms with Gasteiger partial charge in [-0.05, 0) is 49.9 Å². The molecule has 2 nitrogen and oxygen atoms in total. The summed E-state index contributed by atoms with van der Waals surface area (Å²) in [6, 6.07) is 7.81. The van der Waals surface area contributed by atoms with Gasteiger partial charge in [-0.15, -0.1) is 0 Å². The van der Waals surface area contributed by atoms with Crippen LogP contribution < -0.4 is 9.47 Å². The van der Waals surface area contributed by atoms with E-state index in [0.717, 1.165) is 29.9 Å². The maximum absolute atomic E-state index is 5.69. The first kappa shape index (κ1) is 14.4. The predicted molar refractivity (Wildman–Crippen MR) is 75.3 cm³/mol. The summed E-state index contributed by atoms with van der Waals surface area (Å²) in [5.41, 5.74) is 0. The average Bonchev–Trinajstić information content (AvgIpc) is 2.32. The van der Waals surface area contributed by atoms with Gasteiger partial charge >= 0.3 is 0 Å². The number of hydrogen-bond donors (Lipinski definition) is 0. The van der Waals surface area contributed by atoms with Crippen molar-refractivity contribution >= 4 is 15.9 Å². The van der Waals surface area contributed by atoms with Crippen LogP contribution in [0.25, 0.3) is 0 Å². The van der Waals surface area contributed by atoms with Crippen molar-refractivity contribution < 1.29 is 9.47 Å². The van der Waals surface area contributed by atoms with Gasteiger partial charge in [0.15, 0.2) is 0 Å². The second kappa shape index (κ2) is 8.40. The molecule has 0 fully saturated rings. The van der Waals surface area contributed by atoms with Gasteiger partial charge in [-0.1, -0.05) is 22.9 Å². The molecule has 0 radical (unpaired) electrons. The molecule has 0 aliphatic heterocycles. The van der Waals surface area contributed by atoms with E-state index in [0.29, 0.717) is 12.5 Å². The summed E-state index contributed by atoms with van der Waals surface area (Å²) in [4.78, 5) is 0. The van der Waals surface area contributed by atoms with Crippen molar-refractivity contribution in [2.75, 3.05) is 18.5 Å². The van der Waals surface area contributed by atoms with Crippen molar-refractivity contribution in [2.24, 2.45) is 5.92 Å². The largest absolute Gasteiger partial charge is 0.494 e. The molecular formula is C14H21BrO2. The van der Waals surface area contributed by atoms with Crippen molar-refractivity contribution in [3.63, 3.8) is 0 Å². The van der Waals surface area contributed by atoms with Crippen molar-refractivity contribution in [1.29, 1.82) is 0 Å². The third-order valence-corrected chi connectivity index (χ3v) is 3.07. The lowest BCUT2D eigenvalue weighted by molar-refractivity contribution is 0.281. The zero-order valence-corrected chi connectivity index (χ0v) is 12.2. The normalized spacial score (nSPS) is 12.2. The Kier molecular flexibility index (Phi) is 7.10. The van der Waals surface area contributed by atoms with Crippen LogP contribution in [0.1, 0.15) is 26.7 Å². The van der Waals surface area contributed by atoms with E-state index in [1.54, 1.807) is 0 Å². The van der Waals surface area contributed by atoms with E-state index < -0.39 is 0 Å². The highest BCUT2D eigenvalue weighted by molar-refractivity contribution is 9.09. The molecule has 17 heavy (non-hydrogen) atoms. The topological polar surface area (TPSA) is 18.5 Å². The van der Waals surface area contributed by atoms with Gasteiger partial charge in [0.2, 0.25) is 0 Å². The number of rotatable bonds is 8. The van der Waals surface area contributed by atoms with E-state index in [-0.39, 0.29) is 0 Å². The second-order valence-electron chi connectivity index (χ2n) is 4.12. The SMILES string of the molecule is CCOc1ccc(OCCC(C)CCBr)cc1. The smallest absolute Gasteiger partial charge is 0.119 e. The van der Waals surface area contributed by atoms with Crippen molar-refractivity contribution in [3.8, 4) is 11.5 Å². The average molecular weight is 301 g/mol. The van der Waals surface area contributed by atoms with Crippen LogP contribution in [-0.4, -0.2) is 18.5 Å². The summed E-state index contributed by atoms with van der Waals surface area (Å²) < 4.78 is 11.1. The minimum Gasteiger partial charge on any atom is -0.494 e. The van der Waals surface area contributed by atoms with Crippen LogP contribution in [0, 0.1) is 5.92 Å². The fraction of sp³-hybridized carbons (Fsp3) is 0.571. The Morgan fingerprint density at radius 1 is 1.06 bits per heavy atom. The summed E-state index contributed by atoms with van der Waals surface area (Å²) >= 11 is 3.45. The number of ether oxygens (including phenoxy) is 2. The van der Waals surface area contributed by atoms with Gasteiger partial charge in [0, 0.05) is 5.33 Å². The van der Waals surface area contributed by atoms with Gasteiger partial charge in [-0.3, -0.25) is 0 Å². The van der Waals surface area contributed by atoms with Crippen molar-refractivity contribution in [3.05, 3.63) is 24.3 Å². The molecule has 1 aromatic rings. The molecule has 0 aromatic heterocycles. The molecule has 0 aliphatic rings. The molecule has 0 saturated heterocycles. The lowest BCUT2D eigenvalue weighted by atomic mass is 10.1. The van der Waals surface area contributed by atoms with Crippen molar-refractivity contribution in [2.45, 2.75) is 26.7 Å². The summed E-state index contributed by atoms with van der Waals surface area (Å²) in [5.74, 6) is 2.52. The van der Waals surface area contributed by atoms with Crippen LogP contribution in [0.4, 0.5) is 0 Å². The first-order valence-corrected chi connectivity index (χ1v) is 7.30. The molecule has 0 bridgehead atoms. The van der Waals surface area contributed by atoms with E-state index in [9.17, 15) is 0 Å². The molecule has 0 heterocycles. The summed E-state index contributed by atoms with van der Waals surface area (Å²) in [7, 11) is 0. The molecule has 3 heteroatoms. The molecule has 0 spiro atoms. The molecule has 1 unspecified atom stereocenters. The number of halogens is 1. The fourth-order valence-corrected chi connectivity index (χ4v) is 2.29. The third-order valence-electron chi connectivity index (χ3n) is 2.62. The molecule has 0 aliphatic carbocycles. The van der Waals surface area contributed by atoms with Crippen molar-refractivity contribution in [1.82, 2.24) is 0 Å². The lowest BCUT2D eigenvalue weighted by Crippen LogP contribution is -2.04. The molecule has 1 atom stereocenters. The molecule has 0 amide bonds. The van der Waals surface area contributed by atoms with Crippen LogP contribution in [-0.2, 0) is 0 Å². The zero-order chi connectivity index (χ0) is 12.5. The summed E-state index contributed by atoms with van der Waals surface area (Å²) in [6.07, 6.45) is 2.30. The standard InChI is InChI=1S/C14H21BrO2/c1-3-16-13-4-6-14(7-5-13)17-11-9-12(2)8-10-15/h4-7,12H,3,8-11H2,1-2H3. The maximum atomic E-state index is 5.69. The van der Waals surface area contributed by atoms with E-state index in [4.69, 9.17) is 9.47 Å². The first-order chi connectivity index (χ1) is 8.26. The Labute approximate surface area is 112 Å². The van der Waals surface area contributed by atoms with Gasteiger partial charge in [-0.25, -0.2) is 0 Å². The molecular weight excluding hydrogens is 280 g/mol.